The van der Waals surface area contributed by atoms with Crippen LogP contribution in [0.1, 0.15) is 25.7 Å². The predicted molar refractivity (Wildman–Crippen MR) is 41.9 cm³/mol. The predicted octanol–water partition coefficient (Wildman–Crippen LogP) is 2.04. The molecule has 0 amide bonds. The van der Waals surface area contributed by atoms with Gasteiger partial charge in [-0.25, -0.2) is 0 Å². The van der Waals surface area contributed by atoms with Crippen LogP contribution < -0.4 is 5.73 Å². The third-order valence-corrected chi connectivity index (χ3v) is 2.37. The van der Waals surface area contributed by atoms with Gasteiger partial charge in [0.05, 0.1) is 6.10 Å². The maximum atomic E-state index is 11.8. The number of ether oxygens (including phenoxy) is 1. The molecule has 0 saturated heterocycles. The van der Waals surface area contributed by atoms with Crippen LogP contribution in [0.5, 0.6) is 0 Å². The Kier molecular flexibility index (Phi) is 3.55. The van der Waals surface area contributed by atoms with Gasteiger partial charge >= 0.3 is 6.36 Å². The Bertz CT molecular complexity index is 160. The normalized spacial score (nSPS) is 30.5. The third kappa shape index (κ3) is 3.95. The Balaban J connectivity index is 2.34. The summed E-state index contributed by atoms with van der Waals surface area (Å²) in [6.45, 7) is 0.456. The minimum atomic E-state index is -4.50. The van der Waals surface area contributed by atoms with Crippen molar-refractivity contribution in [3.63, 3.8) is 0 Å². The number of hydrogen-bond donors (Lipinski definition) is 1. The summed E-state index contributed by atoms with van der Waals surface area (Å²) < 4.78 is 39.4. The molecule has 78 valence electrons. The molecule has 0 spiro atoms. The second-order valence-electron chi connectivity index (χ2n) is 3.45. The van der Waals surface area contributed by atoms with E-state index in [4.69, 9.17) is 5.73 Å². The molecule has 1 aliphatic rings. The van der Waals surface area contributed by atoms with E-state index in [9.17, 15) is 13.2 Å². The molecule has 13 heavy (non-hydrogen) atoms. The van der Waals surface area contributed by atoms with Gasteiger partial charge < -0.3 is 5.73 Å². The maximum absolute atomic E-state index is 11.8. The lowest BCUT2D eigenvalue weighted by Crippen LogP contribution is -2.31. The Morgan fingerprint density at radius 3 is 2.54 bits per heavy atom. The molecule has 0 aromatic heterocycles. The monoisotopic (exact) mass is 197 g/mol. The van der Waals surface area contributed by atoms with E-state index in [1.54, 1.807) is 0 Å². The van der Waals surface area contributed by atoms with Crippen molar-refractivity contribution in [1.29, 1.82) is 0 Å². The molecule has 0 aromatic carbocycles. The zero-order valence-corrected chi connectivity index (χ0v) is 7.31. The van der Waals surface area contributed by atoms with Gasteiger partial charge in [0.15, 0.2) is 0 Å². The van der Waals surface area contributed by atoms with E-state index in [-0.39, 0.29) is 5.92 Å². The van der Waals surface area contributed by atoms with Crippen LogP contribution in [0.2, 0.25) is 0 Å². The van der Waals surface area contributed by atoms with Crippen LogP contribution in [0.4, 0.5) is 13.2 Å². The van der Waals surface area contributed by atoms with Crippen LogP contribution in [-0.2, 0) is 4.74 Å². The van der Waals surface area contributed by atoms with Crippen LogP contribution in [0.25, 0.3) is 0 Å². The first-order valence-electron chi connectivity index (χ1n) is 4.46. The van der Waals surface area contributed by atoms with Crippen molar-refractivity contribution >= 4 is 0 Å². The van der Waals surface area contributed by atoms with E-state index in [0.29, 0.717) is 19.4 Å². The van der Waals surface area contributed by atoms with Crippen LogP contribution >= 0.6 is 0 Å². The lowest BCUT2D eigenvalue weighted by atomic mass is 9.87. The fourth-order valence-electron chi connectivity index (χ4n) is 1.75. The van der Waals surface area contributed by atoms with Gasteiger partial charge in [-0.1, -0.05) is 6.42 Å². The molecule has 0 bridgehead atoms. The van der Waals surface area contributed by atoms with Crippen molar-refractivity contribution in [1.82, 2.24) is 0 Å². The van der Waals surface area contributed by atoms with Crippen LogP contribution in [0, 0.1) is 5.92 Å². The molecule has 1 rings (SSSR count). The van der Waals surface area contributed by atoms with Crippen molar-refractivity contribution in [3.8, 4) is 0 Å². The first-order chi connectivity index (χ1) is 6.01. The van der Waals surface area contributed by atoms with E-state index in [1.165, 1.54) is 0 Å². The molecule has 0 aliphatic heterocycles. The molecular weight excluding hydrogens is 183 g/mol. The number of alkyl halides is 3. The number of nitrogens with two attached hydrogens (primary N) is 1. The smallest absolute Gasteiger partial charge is 0.330 e. The second kappa shape index (κ2) is 4.28. The molecule has 1 aliphatic carbocycles. The number of hydrogen-bond acceptors (Lipinski definition) is 2. The van der Waals surface area contributed by atoms with Gasteiger partial charge in [-0.05, 0) is 31.7 Å². The minimum absolute atomic E-state index is 0.195. The van der Waals surface area contributed by atoms with Gasteiger partial charge in [0.25, 0.3) is 0 Å². The van der Waals surface area contributed by atoms with Crippen LogP contribution in [0.15, 0.2) is 0 Å². The summed E-state index contributed by atoms with van der Waals surface area (Å²) in [6.07, 6.45) is -2.54. The van der Waals surface area contributed by atoms with Crippen LogP contribution in [-0.4, -0.2) is 19.0 Å². The Morgan fingerprint density at radius 1 is 1.31 bits per heavy atom. The Hall–Kier alpha value is -0.290. The first-order valence-corrected chi connectivity index (χ1v) is 4.46. The highest BCUT2D eigenvalue weighted by Gasteiger charge is 2.35. The van der Waals surface area contributed by atoms with Gasteiger partial charge in [-0.3, -0.25) is 4.74 Å². The Morgan fingerprint density at radius 2 is 2.00 bits per heavy atom. The summed E-state index contributed by atoms with van der Waals surface area (Å²) in [5.41, 5.74) is 5.39. The summed E-state index contributed by atoms with van der Waals surface area (Å²) in [7, 11) is 0. The fourth-order valence-corrected chi connectivity index (χ4v) is 1.75. The molecule has 2 N–H and O–H groups in total. The molecule has 5 heteroatoms. The summed E-state index contributed by atoms with van der Waals surface area (Å²) in [5, 5.41) is 0. The molecular formula is C8H14F3NO. The SMILES string of the molecule is NCC1CCCC(OC(F)(F)F)C1. The van der Waals surface area contributed by atoms with E-state index in [2.05, 4.69) is 4.74 Å². The summed E-state index contributed by atoms with van der Waals surface area (Å²) in [6, 6.07) is 0. The first kappa shape index (κ1) is 10.8. The van der Waals surface area contributed by atoms with Crippen molar-refractivity contribution in [2.24, 2.45) is 11.7 Å². The van der Waals surface area contributed by atoms with Gasteiger partial charge in [0, 0.05) is 0 Å². The fraction of sp³-hybridized carbons (Fsp3) is 1.00. The topological polar surface area (TPSA) is 35.2 Å². The molecule has 2 unspecified atom stereocenters. The standard InChI is InChI=1S/C8H14F3NO/c9-8(10,11)13-7-3-1-2-6(4-7)5-12/h6-7H,1-5,12H2. The lowest BCUT2D eigenvalue weighted by Gasteiger charge is -2.28. The average molecular weight is 197 g/mol. The quantitative estimate of drug-likeness (QED) is 0.735. The zero-order chi connectivity index (χ0) is 9.90. The maximum Gasteiger partial charge on any atom is 0.522 e. The zero-order valence-electron chi connectivity index (χ0n) is 7.31. The molecule has 2 nitrogen and oxygen atoms in total. The molecule has 0 heterocycles. The molecule has 1 fully saturated rings. The largest absolute Gasteiger partial charge is 0.522 e. The van der Waals surface area contributed by atoms with Crippen molar-refractivity contribution in [3.05, 3.63) is 0 Å². The van der Waals surface area contributed by atoms with Gasteiger partial charge in [0.2, 0.25) is 0 Å². The van der Waals surface area contributed by atoms with Crippen LogP contribution in [0.3, 0.4) is 0 Å². The molecule has 0 radical (unpaired) electrons. The number of rotatable bonds is 2. The minimum Gasteiger partial charge on any atom is -0.330 e. The summed E-state index contributed by atoms with van der Waals surface area (Å²) >= 11 is 0. The highest BCUT2D eigenvalue weighted by atomic mass is 19.4. The van der Waals surface area contributed by atoms with Crippen molar-refractivity contribution < 1.29 is 17.9 Å². The summed E-state index contributed by atoms with van der Waals surface area (Å²) in [4.78, 5) is 0. The lowest BCUT2D eigenvalue weighted by molar-refractivity contribution is -0.346. The Labute approximate surface area is 75.2 Å². The number of halogens is 3. The van der Waals surface area contributed by atoms with E-state index in [0.717, 1.165) is 12.8 Å². The van der Waals surface area contributed by atoms with Gasteiger partial charge in [0.1, 0.15) is 0 Å². The van der Waals surface area contributed by atoms with E-state index in [1.807, 2.05) is 0 Å². The van der Waals surface area contributed by atoms with E-state index < -0.39 is 12.5 Å². The molecule has 0 aromatic rings. The van der Waals surface area contributed by atoms with Crippen molar-refractivity contribution in [2.75, 3.05) is 6.54 Å². The molecule has 1 saturated carbocycles. The average Bonchev–Trinajstić information content (AvgIpc) is 2.01. The van der Waals surface area contributed by atoms with Crippen molar-refractivity contribution in [2.45, 2.75) is 38.1 Å². The highest BCUT2D eigenvalue weighted by molar-refractivity contribution is 4.74. The highest BCUT2D eigenvalue weighted by Crippen LogP contribution is 2.30. The van der Waals surface area contributed by atoms with E-state index >= 15 is 0 Å². The van der Waals surface area contributed by atoms with Gasteiger partial charge in [-0.15, -0.1) is 13.2 Å². The summed E-state index contributed by atoms with van der Waals surface area (Å²) in [5.74, 6) is 0.195. The second-order valence-corrected chi connectivity index (χ2v) is 3.45. The van der Waals surface area contributed by atoms with Gasteiger partial charge in [-0.2, -0.15) is 0 Å². The molecule has 2 atom stereocenters. The third-order valence-electron chi connectivity index (χ3n) is 2.37.